The van der Waals surface area contributed by atoms with Crippen molar-refractivity contribution in [3.05, 3.63) is 35.4 Å². The molecular weight excluding hydrogens is 188 g/mol. The molecule has 15 heavy (non-hydrogen) atoms. The van der Waals surface area contributed by atoms with Gasteiger partial charge in [-0.1, -0.05) is 37.1 Å². The van der Waals surface area contributed by atoms with Crippen molar-refractivity contribution < 1.29 is 9.90 Å². The largest absolute Gasteiger partial charge is 0.396 e. The van der Waals surface area contributed by atoms with Crippen LogP contribution < -0.4 is 0 Å². The third kappa shape index (κ3) is 4.26. The van der Waals surface area contributed by atoms with Crippen molar-refractivity contribution >= 4 is 6.29 Å². The Morgan fingerprint density at radius 1 is 1.07 bits per heavy atom. The number of hydrogen-bond acceptors (Lipinski definition) is 2. The molecular formula is C13H18O2. The molecule has 0 aliphatic heterocycles. The predicted octanol–water partition coefficient (Wildman–Crippen LogP) is 2.59. The zero-order valence-electron chi connectivity index (χ0n) is 8.98. The summed E-state index contributed by atoms with van der Waals surface area (Å²) in [5, 5.41) is 8.62. The molecule has 0 unspecified atom stereocenters. The van der Waals surface area contributed by atoms with Crippen LogP contribution in [0.25, 0.3) is 0 Å². The summed E-state index contributed by atoms with van der Waals surface area (Å²) in [6.07, 6.45) is 6.04. The van der Waals surface area contributed by atoms with E-state index in [2.05, 4.69) is 0 Å². The number of aliphatic hydroxyl groups excluding tert-OH is 1. The first-order valence-corrected chi connectivity index (χ1v) is 5.52. The van der Waals surface area contributed by atoms with Crippen LogP contribution in [0.1, 0.15) is 41.6 Å². The Kier molecular flexibility index (Phi) is 5.71. The molecule has 1 aromatic carbocycles. The molecule has 0 amide bonds. The molecule has 0 aliphatic carbocycles. The Morgan fingerprint density at radius 2 is 1.80 bits per heavy atom. The van der Waals surface area contributed by atoms with Gasteiger partial charge in [-0.25, -0.2) is 0 Å². The molecule has 0 spiro atoms. The van der Waals surface area contributed by atoms with Gasteiger partial charge in [0.05, 0.1) is 0 Å². The highest BCUT2D eigenvalue weighted by Crippen LogP contribution is 2.11. The second kappa shape index (κ2) is 7.18. The molecule has 0 saturated heterocycles. The second-order valence-electron chi connectivity index (χ2n) is 3.70. The van der Waals surface area contributed by atoms with Crippen LogP contribution in [0, 0.1) is 0 Å². The zero-order valence-corrected chi connectivity index (χ0v) is 8.98. The number of carbonyl (C=O) groups is 1. The number of aryl methyl sites for hydroxylation is 1. The molecule has 0 aromatic heterocycles. The summed E-state index contributed by atoms with van der Waals surface area (Å²) in [5.74, 6) is 0. The SMILES string of the molecule is O=Cc1ccccc1CCCCCCO. The van der Waals surface area contributed by atoms with Gasteiger partial charge in [-0.05, 0) is 24.8 Å². The topological polar surface area (TPSA) is 37.3 Å². The van der Waals surface area contributed by atoms with E-state index in [0.717, 1.165) is 49.5 Å². The molecule has 0 heterocycles. The lowest BCUT2D eigenvalue weighted by Gasteiger charge is -2.03. The summed E-state index contributed by atoms with van der Waals surface area (Å²) in [6.45, 7) is 0.283. The third-order valence-corrected chi connectivity index (χ3v) is 2.54. The van der Waals surface area contributed by atoms with Crippen LogP contribution in [0.3, 0.4) is 0 Å². The zero-order chi connectivity index (χ0) is 10.9. The maximum absolute atomic E-state index is 10.7. The minimum absolute atomic E-state index is 0.283. The fourth-order valence-corrected chi connectivity index (χ4v) is 1.66. The van der Waals surface area contributed by atoms with E-state index < -0.39 is 0 Å². The van der Waals surface area contributed by atoms with E-state index in [-0.39, 0.29) is 6.61 Å². The molecule has 0 aliphatic rings. The van der Waals surface area contributed by atoms with Crippen LogP contribution in [0.4, 0.5) is 0 Å². The van der Waals surface area contributed by atoms with Crippen molar-refractivity contribution in [2.75, 3.05) is 6.61 Å². The van der Waals surface area contributed by atoms with Crippen molar-refractivity contribution in [1.82, 2.24) is 0 Å². The van der Waals surface area contributed by atoms with Gasteiger partial charge in [0.2, 0.25) is 0 Å². The van der Waals surface area contributed by atoms with Gasteiger partial charge in [0.15, 0.2) is 0 Å². The molecule has 1 rings (SSSR count). The maximum Gasteiger partial charge on any atom is 0.150 e. The first-order valence-electron chi connectivity index (χ1n) is 5.52. The van der Waals surface area contributed by atoms with Gasteiger partial charge in [-0.2, -0.15) is 0 Å². The monoisotopic (exact) mass is 206 g/mol. The highest BCUT2D eigenvalue weighted by molar-refractivity contribution is 5.77. The fraction of sp³-hybridized carbons (Fsp3) is 0.462. The molecule has 0 bridgehead atoms. The van der Waals surface area contributed by atoms with Crippen molar-refractivity contribution in [3.8, 4) is 0 Å². The van der Waals surface area contributed by atoms with Gasteiger partial charge in [0.1, 0.15) is 6.29 Å². The Hall–Kier alpha value is -1.15. The molecule has 2 heteroatoms. The molecule has 0 fully saturated rings. The maximum atomic E-state index is 10.7. The summed E-state index contributed by atoms with van der Waals surface area (Å²) < 4.78 is 0. The molecule has 0 saturated carbocycles. The number of unbranched alkanes of at least 4 members (excludes halogenated alkanes) is 3. The lowest BCUT2D eigenvalue weighted by molar-refractivity contribution is 0.112. The normalized spacial score (nSPS) is 10.2. The van der Waals surface area contributed by atoms with Crippen LogP contribution in [-0.4, -0.2) is 18.0 Å². The van der Waals surface area contributed by atoms with Crippen LogP contribution in [0.2, 0.25) is 0 Å². The minimum Gasteiger partial charge on any atom is -0.396 e. The molecule has 2 nitrogen and oxygen atoms in total. The number of aldehydes is 1. The van der Waals surface area contributed by atoms with Gasteiger partial charge < -0.3 is 5.11 Å². The molecule has 82 valence electrons. The average Bonchev–Trinajstić information content (AvgIpc) is 2.29. The van der Waals surface area contributed by atoms with Crippen molar-refractivity contribution in [3.63, 3.8) is 0 Å². The van der Waals surface area contributed by atoms with Crippen molar-refractivity contribution in [2.45, 2.75) is 32.1 Å². The van der Waals surface area contributed by atoms with E-state index in [1.165, 1.54) is 0 Å². The standard InChI is InChI=1S/C13H18O2/c14-10-6-2-1-3-7-12-8-4-5-9-13(12)11-15/h4-5,8-9,11,14H,1-3,6-7,10H2. The van der Waals surface area contributed by atoms with Crippen LogP contribution in [0.5, 0.6) is 0 Å². The fourth-order valence-electron chi connectivity index (χ4n) is 1.66. The number of aliphatic hydroxyl groups is 1. The molecule has 0 radical (unpaired) electrons. The average molecular weight is 206 g/mol. The van der Waals surface area contributed by atoms with E-state index in [1.54, 1.807) is 0 Å². The lowest BCUT2D eigenvalue weighted by atomic mass is 10.0. The van der Waals surface area contributed by atoms with E-state index in [9.17, 15) is 4.79 Å². The van der Waals surface area contributed by atoms with E-state index in [4.69, 9.17) is 5.11 Å². The van der Waals surface area contributed by atoms with Crippen molar-refractivity contribution in [2.24, 2.45) is 0 Å². The van der Waals surface area contributed by atoms with Gasteiger partial charge >= 0.3 is 0 Å². The van der Waals surface area contributed by atoms with E-state index in [0.29, 0.717) is 0 Å². The Labute approximate surface area is 90.9 Å². The number of benzene rings is 1. The number of carbonyl (C=O) groups excluding carboxylic acids is 1. The lowest BCUT2D eigenvalue weighted by Crippen LogP contribution is -1.93. The Balaban J connectivity index is 2.33. The smallest absolute Gasteiger partial charge is 0.150 e. The third-order valence-electron chi connectivity index (χ3n) is 2.54. The van der Waals surface area contributed by atoms with Crippen LogP contribution in [-0.2, 0) is 6.42 Å². The highest BCUT2D eigenvalue weighted by Gasteiger charge is 1.99. The minimum atomic E-state index is 0.283. The van der Waals surface area contributed by atoms with E-state index in [1.807, 2.05) is 24.3 Å². The quantitative estimate of drug-likeness (QED) is 0.550. The predicted molar refractivity (Wildman–Crippen MR) is 61.1 cm³/mol. The molecule has 0 atom stereocenters. The summed E-state index contributed by atoms with van der Waals surface area (Å²) in [6, 6.07) is 7.72. The summed E-state index contributed by atoms with van der Waals surface area (Å²) in [7, 11) is 0. The number of rotatable bonds is 7. The number of hydrogen-bond donors (Lipinski definition) is 1. The Bertz CT molecular complexity index is 294. The van der Waals surface area contributed by atoms with E-state index >= 15 is 0 Å². The van der Waals surface area contributed by atoms with Crippen molar-refractivity contribution in [1.29, 1.82) is 0 Å². The first kappa shape index (κ1) is 11.9. The van der Waals surface area contributed by atoms with Crippen LogP contribution >= 0.6 is 0 Å². The van der Waals surface area contributed by atoms with Gasteiger partial charge in [-0.15, -0.1) is 0 Å². The van der Waals surface area contributed by atoms with Gasteiger partial charge in [0, 0.05) is 12.2 Å². The summed E-state index contributed by atoms with van der Waals surface area (Å²) >= 11 is 0. The Morgan fingerprint density at radius 3 is 2.53 bits per heavy atom. The van der Waals surface area contributed by atoms with Gasteiger partial charge in [0.25, 0.3) is 0 Å². The highest BCUT2D eigenvalue weighted by atomic mass is 16.2. The van der Waals surface area contributed by atoms with Gasteiger partial charge in [-0.3, -0.25) is 4.79 Å². The first-order chi connectivity index (χ1) is 7.38. The van der Waals surface area contributed by atoms with Crippen LogP contribution in [0.15, 0.2) is 24.3 Å². The second-order valence-corrected chi connectivity index (χ2v) is 3.70. The molecule has 1 aromatic rings. The summed E-state index contributed by atoms with van der Waals surface area (Å²) in [4.78, 5) is 10.7. The summed E-state index contributed by atoms with van der Waals surface area (Å²) in [5.41, 5.74) is 1.94. The molecule has 1 N–H and O–H groups in total.